The fourth-order valence-electron chi connectivity index (χ4n) is 2.36. The monoisotopic (exact) mass is 257 g/mol. The van der Waals surface area contributed by atoms with Crippen molar-refractivity contribution in [2.75, 3.05) is 31.1 Å². The summed E-state index contributed by atoms with van der Waals surface area (Å²) in [6, 6.07) is 10.0. The van der Waals surface area contributed by atoms with Crippen molar-refractivity contribution in [3.63, 3.8) is 0 Å². The Labute approximate surface area is 114 Å². The van der Waals surface area contributed by atoms with E-state index in [0.29, 0.717) is 0 Å². The third kappa shape index (κ3) is 3.12. The molecule has 1 heterocycles. The van der Waals surface area contributed by atoms with Crippen molar-refractivity contribution < 1.29 is 4.79 Å². The van der Waals surface area contributed by atoms with Crippen LogP contribution in [0.2, 0.25) is 0 Å². The van der Waals surface area contributed by atoms with Gasteiger partial charge in [0.05, 0.1) is 12.1 Å². The Kier molecular flexibility index (Phi) is 4.18. The van der Waals surface area contributed by atoms with Crippen LogP contribution in [-0.2, 0) is 0 Å². The van der Waals surface area contributed by atoms with E-state index in [1.807, 2.05) is 31.2 Å². The van der Waals surface area contributed by atoms with Crippen molar-refractivity contribution in [1.82, 2.24) is 4.90 Å². The molecule has 0 radical (unpaired) electrons. The first-order valence-electron chi connectivity index (χ1n) is 6.61. The maximum Gasteiger partial charge on any atom is 0.159 e. The van der Waals surface area contributed by atoms with Crippen LogP contribution < -0.4 is 4.90 Å². The van der Waals surface area contributed by atoms with Crippen LogP contribution in [0, 0.1) is 11.3 Å². The standard InChI is InChI=1S/C15H19N3O/c1-12(11-16)17-7-9-18(10-8-17)15-5-3-14(4-6-15)13(2)19/h3-6,12H,7-10H2,1-2H3/t12-/m1/s1. The molecule has 1 aromatic carbocycles. The number of hydrogen-bond donors (Lipinski definition) is 0. The number of anilines is 1. The zero-order valence-electron chi connectivity index (χ0n) is 11.5. The number of piperazine rings is 1. The van der Waals surface area contributed by atoms with Gasteiger partial charge in [-0.15, -0.1) is 0 Å². The van der Waals surface area contributed by atoms with Crippen LogP contribution in [0.3, 0.4) is 0 Å². The lowest BCUT2D eigenvalue weighted by molar-refractivity contribution is 0.101. The van der Waals surface area contributed by atoms with Crippen LogP contribution in [0.15, 0.2) is 24.3 Å². The van der Waals surface area contributed by atoms with E-state index in [-0.39, 0.29) is 11.8 Å². The molecule has 0 aliphatic carbocycles. The lowest BCUT2D eigenvalue weighted by Gasteiger charge is -2.37. The molecule has 0 spiro atoms. The zero-order valence-corrected chi connectivity index (χ0v) is 11.5. The van der Waals surface area contributed by atoms with E-state index in [4.69, 9.17) is 5.26 Å². The summed E-state index contributed by atoms with van der Waals surface area (Å²) in [7, 11) is 0. The minimum absolute atomic E-state index is 0.0118. The molecule has 19 heavy (non-hydrogen) atoms. The first-order chi connectivity index (χ1) is 9.11. The number of Topliss-reactive ketones (excluding diaryl/α,β-unsaturated/α-hetero) is 1. The first kappa shape index (κ1) is 13.6. The van der Waals surface area contributed by atoms with E-state index in [0.717, 1.165) is 37.4 Å². The van der Waals surface area contributed by atoms with Crippen LogP contribution in [-0.4, -0.2) is 42.9 Å². The first-order valence-corrected chi connectivity index (χ1v) is 6.61. The Balaban J connectivity index is 1.98. The van der Waals surface area contributed by atoms with Gasteiger partial charge in [-0.05, 0) is 38.1 Å². The SMILES string of the molecule is CC(=O)c1ccc(N2CCN([C@H](C)C#N)CC2)cc1. The highest BCUT2D eigenvalue weighted by Crippen LogP contribution is 2.18. The number of carbonyl (C=O) groups is 1. The largest absolute Gasteiger partial charge is 0.369 e. The molecule has 0 unspecified atom stereocenters. The molecule has 4 heteroatoms. The van der Waals surface area contributed by atoms with E-state index >= 15 is 0 Å². The number of rotatable bonds is 3. The molecule has 100 valence electrons. The summed E-state index contributed by atoms with van der Waals surface area (Å²) in [6.07, 6.45) is 0. The summed E-state index contributed by atoms with van der Waals surface area (Å²) in [6.45, 7) is 7.18. The van der Waals surface area contributed by atoms with Crippen molar-refractivity contribution in [1.29, 1.82) is 5.26 Å². The molecule has 1 atom stereocenters. The normalized spacial score (nSPS) is 17.8. The molecular weight excluding hydrogens is 238 g/mol. The molecular formula is C15H19N3O. The van der Waals surface area contributed by atoms with E-state index < -0.39 is 0 Å². The average Bonchev–Trinajstić information content (AvgIpc) is 2.46. The molecule has 2 rings (SSSR count). The maximum absolute atomic E-state index is 11.2. The summed E-state index contributed by atoms with van der Waals surface area (Å²) >= 11 is 0. The van der Waals surface area contributed by atoms with Crippen LogP contribution in [0.5, 0.6) is 0 Å². The minimum Gasteiger partial charge on any atom is -0.369 e. The molecule has 0 N–H and O–H groups in total. The molecule has 1 fully saturated rings. The summed E-state index contributed by atoms with van der Waals surface area (Å²) in [5.74, 6) is 0.0965. The third-order valence-electron chi connectivity index (χ3n) is 3.69. The molecule has 1 saturated heterocycles. The van der Waals surface area contributed by atoms with Crippen molar-refractivity contribution in [2.45, 2.75) is 19.9 Å². The molecule has 0 amide bonds. The number of ketones is 1. The summed E-state index contributed by atoms with van der Waals surface area (Å²) in [5.41, 5.74) is 1.90. The Bertz CT molecular complexity index is 481. The highest BCUT2D eigenvalue weighted by Gasteiger charge is 2.20. The van der Waals surface area contributed by atoms with Gasteiger partial charge in [-0.1, -0.05) is 0 Å². The van der Waals surface area contributed by atoms with E-state index in [1.54, 1.807) is 6.92 Å². The molecule has 1 aliphatic heterocycles. The van der Waals surface area contributed by atoms with Gasteiger partial charge < -0.3 is 4.90 Å². The molecule has 0 saturated carbocycles. The van der Waals surface area contributed by atoms with Gasteiger partial charge in [0.2, 0.25) is 0 Å². The number of nitrogens with zero attached hydrogens (tertiary/aromatic N) is 3. The number of nitriles is 1. The smallest absolute Gasteiger partial charge is 0.159 e. The van der Waals surface area contributed by atoms with Gasteiger partial charge in [-0.25, -0.2) is 0 Å². The molecule has 1 aliphatic rings. The van der Waals surface area contributed by atoms with E-state index in [9.17, 15) is 4.79 Å². The Morgan fingerprint density at radius 2 is 1.79 bits per heavy atom. The minimum atomic E-state index is -0.0118. The van der Waals surface area contributed by atoms with Crippen LogP contribution in [0.1, 0.15) is 24.2 Å². The van der Waals surface area contributed by atoms with Crippen molar-refractivity contribution in [3.05, 3.63) is 29.8 Å². The molecule has 4 nitrogen and oxygen atoms in total. The van der Waals surface area contributed by atoms with Crippen LogP contribution >= 0.6 is 0 Å². The Morgan fingerprint density at radius 3 is 2.26 bits per heavy atom. The fourth-order valence-corrected chi connectivity index (χ4v) is 2.36. The number of hydrogen-bond acceptors (Lipinski definition) is 4. The summed E-state index contributed by atoms with van der Waals surface area (Å²) in [5, 5.41) is 8.92. The van der Waals surface area contributed by atoms with Crippen LogP contribution in [0.25, 0.3) is 0 Å². The Hall–Kier alpha value is -1.86. The quantitative estimate of drug-likeness (QED) is 0.776. The highest BCUT2D eigenvalue weighted by atomic mass is 16.1. The number of benzene rings is 1. The lowest BCUT2D eigenvalue weighted by Crippen LogP contribution is -2.49. The predicted molar refractivity (Wildman–Crippen MR) is 75.3 cm³/mol. The van der Waals surface area contributed by atoms with Gasteiger partial charge >= 0.3 is 0 Å². The molecule has 0 bridgehead atoms. The highest BCUT2D eigenvalue weighted by molar-refractivity contribution is 5.94. The van der Waals surface area contributed by atoms with Gasteiger partial charge in [0, 0.05) is 37.4 Å². The predicted octanol–water partition coefficient (Wildman–Crippen LogP) is 1.92. The molecule has 0 aromatic heterocycles. The van der Waals surface area contributed by atoms with Gasteiger partial charge in [0.15, 0.2) is 5.78 Å². The van der Waals surface area contributed by atoms with E-state index in [1.165, 1.54) is 0 Å². The number of carbonyl (C=O) groups excluding carboxylic acids is 1. The second-order valence-corrected chi connectivity index (χ2v) is 4.93. The van der Waals surface area contributed by atoms with Gasteiger partial charge in [0.25, 0.3) is 0 Å². The van der Waals surface area contributed by atoms with Gasteiger partial charge in [-0.3, -0.25) is 9.69 Å². The fraction of sp³-hybridized carbons (Fsp3) is 0.467. The second kappa shape index (κ2) is 5.85. The van der Waals surface area contributed by atoms with Crippen molar-refractivity contribution in [2.24, 2.45) is 0 Å². The second-order valence-electron chi connectivity index (χ2n) is 4.93. The molecule has 1 aromatic rings. The van der Waals surface area contributed by atoms with E-state index in [2.05, 4.69) is 15.9 Å². The zero-order chi connectivity index (χ0) is 13.8. The average molecular weight is 257 g/mol. The lowest BCUT2D eigenvalue weighted by atomic mass is 10.1. The van der Waals surface area contributed by atoms with Gasteiger partial charge in [0.1, 0.15) is 0 Å². The van der Waals surface area contributed by atoms with Crippen LogP contribution in [0.4, 0.5) is 5.69 Å². The third-order valence-corrected chi connectivity index (χ3v) is 3.69. The summed E-state index contributed by atoms with van der Waals surface area (Å²) in [4.78, 5) is 15.7. The van der Waals surface area contributed by atoms with Crippen molar-refractivity contribution in [3.8, 4) is 6.07 Å². The van der Waals surface area contributed by atoms with Gasteiger partial charge in [-0.2, -0.15) is 5.26 Å². The maximum atomic E-state index is 11.2. The topological polar surface area (TPSA) is 47.3 Å². The Morgan fingerprint density at radius 1 is 1.21 bits per heavy atom. The summed E-state index contributed by atoms with van der Waals surface area (Å²) < 4.78 is 0. The van der Waals surface area contributed by atoms with Crippen molar-refractivity contribution >= 4 is 11.5 Å².